The summed E-state index contributed by atoms with van der Waals surface area (Å²) < 4.78 is 0. The first-order valence-electron chi connectivity index (χ1n) is 7.63. The van der Waals surface area contributed by atoms with Gasteiger partial charge in [0.15, 0.2) is 0 Å². The molecule has 2 aromatic rings. The van der Waals surface area contributed by atoms with Crippen molar-refractivity contribution in [1.29, 1.82) is 0 Å². The third kappa shape index (κ3) is 2.98. The number of anilines is 1. The first-order chi connectivity index (χ1) is 10.7. The number of rotatable bonds is 5. The Morgan fingerprint density at radius 1 is 1.23 bits per heavy atom. The molecule has 0 spiro atoms. The Kier molecular flexibility index (Phi) is 4.67. The van der Waals surface area contributed by atoms with Crippen molar-refractivity contribution in [1.82, 2.24) is 5.32 Å². The number of aliphatic hydroxyl groups excluding tert-OH is 1. The van der Waals surface area contributed by atoms with E-state index < -0.39 is 6.10 Å². The predicted octanol–water partition coefficient (Wildman–Crippen LogP) is 3.02. The van der Waals surface area contributed by atoms with Crippen LogP contribution in [0.2, 0.25) is 5.02 Å². The van der Waals surface area contributed by atoms with Crippen molar-refractivity contribution in [2.45, 2.75) is 18.6 Å². The summed E-state index contributed by atoms with van der Waals surface area (Å²) in [6.45, 7) is 1.45. The lowest BCUT2D eigenvalue weighted by Crippen LogP contribution is -2.40. The number of halogens is 1. The van der Waals surface area contributed by atoms with Crippen LogP contribution < -0.4 is 10.2 Å². The second-order valence-electron chi connectivity index (χ2n) is 5.70. The lowest BCUT2D eigenvalue weighted by molar-refractivity contribution is 0.141. The highest BCUT2D eigenvalue weighted by molar-refractivity contribution is 6.30. The van der Waals surface area contributed by atoms with Crippen molar-refractivity contribution in [2.24, 2.45) is 0 Å². The van der Waals surface area contributed by atoms with Gasteiger partial charge >= 0.3 is 0 Å². The number of hydrogen-bond donors (Lipinski definition) is 2. The first kappa shape index (κ1) is 15.3. The molecule has 1 aliphatic rings. The molecule has 2 N–H and O–H groups in total. The van der Waals surface area contributed by atoms with Crippen LogP contribution in [0.1, 0.15) is 17.2 Å². The highest BCUT2D eigenvalue weighted by atomic mass is 35.5. The number of nitrogens with one attached hydrogen (secondary N) is 1. The Labute approximate surface area is 136 Å². The van der Waals surface area contributed by atoms with Gasteiger partial charge in [-0.25, -0.2) is 0 Å². The fourth-order valence-corrected chi connectivity index (χ4v) is 3.46. The maximum Gasteiger partial charge on any atom is 0.0909 e. The fourth-order valence-electron chi connectivity index (χ4n) is 3.27. The van der Waals surface area contributed by atoms with E-state index in [1.54, 1.807) is 0 Å². The average molecular weight is 317 g/mol. The number of hydrogen-bond acceptors (Lipinski definition) is 3. The summed E-state index contributed by atoms with van der Waals surface area (Å²) in [4.78, 5) is 2.29. The summed E-state index contributed by atoms with van der Waals surface area (Å²) in [5.41, 5.74) is 3.56. The van der Waals surface area contributed by atoms with Gasteiger partial charge in [0, 0.05) is 23.8 Å². The molecule has 0 saturated carbocycles. The Morgan fingerprint density at radius 2 is 2.00 bits per heavy atom. The van der Waals surface area contributed by atoms with Crippen LogP contribution in [0.25, 0.3) is 0 Å². The van der Waals surface area contributed by atoms with Crippen LogP contribution in [-0.4, -0.2) is 31.3 Å². The van der Waals surface area contributed by atoms with Gasteiger partial charge in [-0.2, -0.15) is 0 Å². The maximum absolute atomic E-state index is 10.7. The van der Waals surface area contributed by atoms with Crippen LogP contribution in [0.3, 0.4) is 0 Å². The van der Waals surface area contributed by atoms with E-state index in [1.807, 2.05) is 37.4 Å². The standard InChI is InChI=1S/C18H21ClN2O/c1-20-12-17(22)18(13-5-3-2-4-6-13)21-10-9-14-11-15(19)7-8-16(14)21/h2-8,11,17-18,20,22H,9-10,12H2,1H3/t17-,18+/m1/s1. The zero-order chi connectivity index (χ0) is 15.5. The molecule has 0 radical (unpaired) electrons. The normalized spacial score (nSPS) is 16.4. The monoisotopic (exact) mass is 316 g/mol. The smallest absolute Gasteiger partial charge is 0.0909 e. The third-order valence-electron chi connectivity index (χ3n) is 4.23. The molecule has 0 aliphatic carbocycles. The lowest BCUT2D eigenvalue weighted by atomic mass is 9.99. The molecule has 116 valence electrons. The summed E-state index contributed by atoms with van der Waals surface area (Å²) in [6.07, 6.45) is 0.486. The summed E-state index contributed by atoms with van der Waals surface area (Å²) >= 11 is 6.10. The Bertz CT molecular complexity index is 632. The molecule has 1 aliphatic heterocycles. The Balaban J connectivity index is 1.98. The molecule has 2 atom stereocenters. The van der Waals surface area contributed by atoms with Crippen LogP contribution in [0.15, 0.2) is 48.5 Å². The van der Waals surface area contributed by atoms with Crippen LogP contribution in [0, 0.1) is 0 Å². The molecule has 3 nitrogen and oxygen atoms in total. The molecule has 0 aromatic heterocycles. The van der Waals surface area contributed by atoms with E-state index >= 15 is 0 Å². The highest BCUT2D eigenvalue weighted by Crippen LogP contribution is 2.37. The van der Waals surface area contributed by atoms with Gasteiger partial charge in [0.1, 0.15) is 0 Å². The largest absolute Gasteiger partial charge is 0.389 e. The van der Waals surface area contributed by atoms with Crippen molar-refractivity contribution < 1.29 is 5.11 Å². The van der Waals surface area contributed by atoms with E-state index in [1.165, 1.54) is 11.3 Å². The van der Waals surface area contributed by atoms with Gasteiger partial charge in [-0.05, 0) is 42.8 Å². The van der Waals surface area contributed by atoms with Crippen molar-refractivity contribution in [3.63, 3.8) is 0 Å². The number of nitrogens with zero attached hydrogens (tertiary/aromatic N) is 1. The van der Waals surface area contributed by atoms with Crippen molar-refractivity contribution in [2.75, 3.05) is 25.0 Å². The van der Waals surface area contributed by atoms with Crippen molar-refractivity contribution in [3.05, 3.63) is 64.7 Å². The number of fused-ring (bicyclic) bond motifs is 1. The second-order valence-corrected chi connectivity index (χ2v) is 6.13. The fraction of sp³-hybridized carbons (Fsp3) is 0.333. The van der Waals surface area contributed by atoms with Gasteiger partial charge in [-0.1, -0.05) is 41.9 Å². The molecule has 0 amide bonds. The quantitative estimate of drug-likeness (QED) is 0.890. The lowest BCUT2D eigenvalue weighted by Gasteiger charge is -2.34. The zero-order valence-corrected chi connectivity index (χ0v) is 13.4. The minimum atomic E-state index is -0.478. The van der Waals surface area contributed by atoms with E-state index in [2.05, 4.69) is 28.4 Å². The van der Waals surface area contributed by atoms with Crippen LogP contribution in [0.5, 0.6) is 0 Å². The van der Waals surface area contributed by atoms with Crippen molar-refractivity contribution >= 4 is 17.3 Å². The van der Waals surface area contributed by atoms with E-state index in [0.717, 1.165) is 23.6 Å². The molecule has 2 aromatic carbocycles. The summed E-state index contributed by atoms with van der Waals surface area (Å²) in [7, 11) is 1.86. The summed E-state index contributed by atoms with van der Waals surface area (Å²) in [5, 5.41) is 14.5. The van der Waals surface area contributed by atoms with Crippen molar-refractivity contribution in [3.8, 4) is 0 Å². The van der Waals surface area contributed by atoms with Gasteiger partial charge in [0.05, 0.1) is 12.1 Å². The van der Waals surface area contributed by atoms with Crippen LogP contribution in [0.4, 0.5) is 5.69 Å². The average Bonchev–Trinajstić information content (AvgIpc) is 2.92. The van der Waals surface area contributed by atoms with Gasteiger partial charge in [0.25, 0.3) is 0 Å². The first-order valence-corrected chi connectivity index (χ1v) is 8.01. The number of aliphatic hydroxyl groups is 1. The third-order valence-corrected chi connectivity index (χ3v) is 4.46. The maximum atomic E-state index is 10.7. The molecule has 3 rings (SSSR count). The zero-order valence-electron chi connectivity index (χ0n) is 12.7. The van der Waals surface area contributed by atoms with Gasteiger partial charge < -0.3 is 15.3 Å². The van der Waals surface area contributed by atoms with Crippen LogP contribution in [-0.2, 0) is 6.42 Å². The molecule has 0 bridgehead atoms. The Hall–Kier alpha value is -1.55. The summed E-state index contributed by atoms with van der Waals surface area (Å²) in [5.74, 6) is 0. The van der Waals surface area contributed by atoms with E-state index in [-0.39, 0.29) is 6.04 Å². The molecule has 4 heteroatoms. The SMILES string of the molecule is CNC[C@@H](O)[C@H](c1ccccc1)N1CCc2cc(Cl)ccc21. The highest BCUT2D eigenvalue weighted by Gasteiger charge is 2.31. The second kappa shape index (κ2) is 6.69. The summed E-state index contributed by atoms with van der Waals surface area (Å²) in [6, 6.07) is 16.2. The van der Waals surface area contributed by atoms with Crippen LogP contribution >= 0.6 is 11.6 Å². The molecule has 22 heavy (non-hydrogen) atoms. The molecular formula is C18H21ClN2O. The topological polar surface area (TPSA) is 35.5 Å². The van der Waals surface area contributed by atoms with E-state index in [9.17, 15) is 5.11 Å². The molecule has 0 unspecified atom stereocenters. The molecular weight excluding hydrogens is 296 g/mol. The number of benzene rings is 2. The predicted molar refractivity (Wildman–Crippen MR) is 91.6 cm³/mol. The minimum Gasteiger partial charge on any atom is -0.389 e. The van der Waals surface area contributed by atoms with Gasteiger partial charge in [0.2, 0.25) is 0 Å². The van der Waals surface area contributed by atoms with E-state index in [0.29, 0.717) is 6.54 Å². The molecule has 0 fully saturated rings. The molecule has 0 saturated heterocycles. The molecule has 1 heterocycles. The van der Waals surface area contributed by atoms with Gasteiger partial charge in [-0.3, -0.25) is 0 Å². The number of likely N-dealkylation sites (N-methyl/N-ethyl adjacent to an activating group) is 1. The Morgan fingerprint density at radius 3 is 2.73 bits per heavy atom. The van der Waals surface area contributed by atoms with E-state index in [4.69, 9.17) is 11.6 Å². The van der Waals surface area contributed by atoms with Gasteiger partial charge in [-0.15, -0.1) is 0 Å². The minimum absolute atomic E-state index is 0.0592.